The second kappa shape index (κ2) is 6.48. The highest BCUT2D eigenvalue weighted by atomic mass is 79.9. The topological polar surface area (TPSA) is 42.4 Å². The Labute approximate surface area is 138 Å². The Bertz CT molecular complexity index is 470. The van der Waals surface area contributed by atoms with Crippen molar-refractivity contribution in [3.63, 3.8) is 0 Å². The second-order valence-corrected chi connectivity index (χ2v) is 12.8. The van der Waals surface area contributed by atoms with Gasteiger partial charge in [0, 0.05) is 10.7 Å². The summed E-state index contributed by atoms with van der Waals surface area (Å²) in [5.41, 5.74) is -0.393. The lowest BCUT2D eigenvalue weighted by atomic mass is 9.90. The van der Waals surface area contributed by atoms with Gasteiger partial charge in [-0.05, 0) is 59.5 Å². The molecule has 0 aliphatic rings. The Morgan fingerprint density at radius 1 is 1.33 bits per heavy atom. The van der Waals surface area contributed by atoms with Gasteiger partial charge in [-0.3, -0.25) is 4.98 Å². The Hall–Kier alpha value is -0.233. The van der Waals surface area contributed by atoms with Gasteiger partial charge >= 0.3 is 0 Å². The van der Waals surface area contributed by atoms with E-state index in [-0.39, 0.29) is 11.1 Å². The van der Waals surface area contributed by atoms with Gasteiger partial charge in [-0.1, -0.05) is 27.7 Å². The minimum absolute atomic E-state index is 0.114. The number of pyridine rings is 1. The van der Waals surface area contributed by atoms with Gasteiger partial charge in [-0.15, -0.1) is 0 Å². The molecule has 21 heavy (non-hydrogen) atoms. The quantitative estimate of drug-likeness (QED) is 0.749. The van der Waals surface area contributed by atoms with Crippen LogP contribution in [0.15, 0.2) is 22.8 Å². The number of rotatable bonds is 5. The fraction of sp³-hybridized carbons (Fsp3) is 0.688. The first-order valence-corrected chi connectivity index (χ1v) is 11.2. The second-order valence-electron chi connectivity index (χ2n) is 7.16. The number of hydrogen-bond donors (Lipinski definition) is 1. The van der Waals surface area contributed by atoms with Gasteiger partial charge in [0.05, 0.1) is 11.8 Å². The molecule has 0 fully saturated rings. The summed E-state index contributed by atoms with van der Waals surface area (Å²) in [7, 11) is -1.93. The largest absolute Gasteiger partial charge is 0.411 e. The summed E-state index contributed by atoms with van der Waals surface area (Å²) in [6, 6.07) is 3.76. The first kappa shape index (κ1) is 18.8. The highest BCUT2D eigenvalue weighted by molar-refractivity contribution is 9.10. The Kier molecular flexibility index (Phi) is 5.81. The monoisotopic (exact) mass is 373 g/mol. The van der Waals surface area contributed by atoms with E-state index in [2.05, 4.69) is 54.8 Å². The van der Waals surface area contributed by atoms with Crippen LogP contribution in [-0.2, 0) is 10.0 Å². The lowest BCUT2D eigenvalue weighted by molar-refractivity contribution is -0.0705. The van der Waals surface area contributed by atoms with E-state index in [4.69, 9.17) is 4.43 Å². The Morgan fingerprint density at radius 3 is 2.29 bits per heavy atom. The molecule has 1 aromatic rings. The molecule has 1 rings (SSSR count). The first-order chi connectivity index (χ1) is 9.44. The molecule has 120 valence electrons. The van der Waals surface area contributed by atoms with Crippen molar-refractivity contribution in [2.75, 3.05) is 0 Å². The predicted octanol–water partition coefficient (Wildman–Crippen LogP) is 4.85. The van der Waals surface area contributed by atoms with Gasteiger partial charge in [-0.25, -0.2) is 0 Å². The van der Waals surface area contributed by atoms with Crippen LogP contribution in [0.4, 0.5) is 0 Å². The van der Waals surface area contributed by atoms with Crippen LogP contribution >= 0.6 is 15.9 Å². The summed E-state index contributed by atoms with van der Waals surface area (Å²) in [6.45, 7) is 14.9. The zero-order valence-electron chi connectivity index (χ0n) is 14.2. The molecule has 0 spiro atoms. The summed E-state index contributed by atoms with van der Waals surface area (Å²) in [5.74, 6) is 0. The number of hydrogen-bond acceptors (Lipinski definition) is 3. The van der Waals surface area contributed by atoms with Gasteiger partial charge in [0.25, 0.3) is 0 Å². The van der Waals surface area contributed by atoms with Crippen molar-refractivity contribution in [2.45, 2.75) is 70.9 Å². The van der Waals surface area contributed by atoms with Crippen molar-refractivity contribution in [2.24, 2.45) is 0 Å². The van der Waals surface area contributed by atoms with Crippen molar-refractivity contribution in [1.29, 1.82) is 0 Å². The smallest absolute Gasteiger partial charge is 0.192 e. The zero-order chi connectivity index (χ0) is 16.5. The van der Waals surface area contributed by atoms with E-state index >= 15 is 0 Å². The molecule has 0 amide bonds. The molecule has 0 saturated heterocycles. The number of halogens is 1. The number of aliphatic hydroxyl groups is 1. The van der Waals surface area contributed by atoms with E-state index in [1.807, 2.05) is 26.0 Å². The van der Waals surface area contributed by atoms with Gasteiger partial charge in [0.15, 0.2) is 8.32 Å². The molecule has 3 nitrogen and oxygen atoms in total. The Morgan fingerprint density at radius 2 is 1.90 bits per heavy atom. The molecule has 0 aliphatic heterocycles. The van der Waals surface area contributed by atoms with Crippen molar-refractivity contribution < 1.29 is 9.53 Å². The van der Waals surface area contributed by atoms with E-state index in [1.54, 1.807) is 6.20 Å². The standard InChI is InChI=1S/C16H28BrNO2Si/c1-8-16(19,14-10-9-13(17)11-18-14)12(2)20-21(6,7)15(3,4)5/h9-12,19H,8H2,1-7H3/t12-,16?/m0/s1. The highest BCUT2D eigenvalue weighted by Crippen LogP contribution is 2.40. The molecule has 5 heteroatoms. The van der Waals surface area contributed by atoms with Crippen molar-refractivity contribution >= 4 is 24.2 Å². The SMILES string of the molecule is CCC(O)(c1ccc(Br)cn1)[C@H](C)O[Si](C)(C)C(C)(C)C. The number of nitrogens with zero attached hydrogens (tertiary/aromatic N) is 1. The lowest BCUT2D eigenvalue weighted by Gasteiger charge is -2.43. The molecule has 0 aromatic carbocycles. The summed E-state index contributed by atoms with van der Waals surface area (Å²) >= 11 is 3.38. The van der Waals surface area contributed by atoms with E-state index < -0.39 is 13.9 Å². The average molecular weight is 374 g/mol. The van der Waals surface area contributed by atoms with Crippen molar-refractivity contribution in [1.82, 2.24) is 4.98 Å². The lowest BCUT2D eigenvalue weighted by Crippen LogP contribution is -2.50. The van der Waals surface area contributed by atoms with E-state index in [0.717, 1.165) is 4.47 Å². The third-order valence-corrected chi connectivity index (χ3v) is 9.68. The van der Waals surface area contributed by atoms with Crippen LogP contribution < -0.4 is 0 Å². The number of aromatic nitrogens is 1. The Balaban J connectivity index is 3.06. The van der Waals surface area contributed by atoms with Crippen LogP contribution in [0.3, 0.4) is 0 Å². The van der Waals surface area contributed by atoms with Crippen LogP contribution in [0.5, 0.6) is 0 Å². The minimum Gasteiger partial charge on any atom is -0.411 e. The summed E-state index contributed by atoms with van der Waals surface area (Å²) in [6.07, 6.45) is 1.99. The first-order valence-electron chi connectivity index (χ1n) is 7.46. The normalized spacial score (nSPS) is 17.4. The zero-order valence-corrected chi connectivity index (χ0v) is 16.8. The molecular weight excluding hydrogens is 346 g/mol. The van der Waals surface area contributed by atoms with Gasteiger partial charge < -0.3 is 9.53 Å². The molecule has 0 aliphatic carbocycles. The van der Waals surface area contributed by atoms with Gasteiger partial charge in [-0.2, -0.15) is 0 Å². The fourth-order valence-electron chi connectivity index (χ4n) is 2.02. The van der Waals surface area contributed by atoms with Gasteiger partial charge in [0.1, 0.15) is 5.60 Å². The molecular formula is C16H28BrNO2Si. The maximum atomic E-state index is 11.1. The van der Waals surface area contributed by atoms with Crippen LogP contribution in [0.25, 0.3) is 0 Å². The predicted molar refractivity (Wildman–Crippen MR) is 93.9 cm³/mol. The molecule has 1 N–H and O–H groups in total. The summed E-state index contributed by atoms with van der Waals surface area (Å²) < 4.78 is 7.29. The van der Waals surface area contributed by atoms with Crippen molar-refractivity contribution in [3.05, 3.63) is 28.5 Å². The maximum Gasteiger partial charge on any atom is 0.192 e. The van der Waals surface area contributed by atoms with E-state index in [1.165, 1.54) is 0 Å². The van der Waals surface area contributed by atoms with E-state index in [9.17, 15) is 5.11 Å². The molecule has 2 atom stereocenters. The van der Waals surface area contributed by atoms with E-state index in [0.29, 0.717) is 12.1 Å². The highest BCUT2D eigenvalue weighted by Gasteiger charge is 2.44. The maximum absolute atomic E-state index is 11.1. The van der Waals surface area contributed by atoms with Gasteiger partial charge in [0.2, 0.25) is 0 Å². The summed E-state index contributed by atoms with van der Waals surface area (Å²) in [4.78, 5) is 4.37. The van der Waals surface area contributed by atoms with Crippen LogP contribution in [0.1, 0.15) is 46.7 Å². The molecule has 1 heterocycles. The third-order valence-electron chi connectivity index (χ3n) is 4.66. The molecule has 1 unspecified atom stereocenters. The van der Waals surface area contributed by atoms with Crippen LogP contribution in [0.2, 0.25) is 18.1 Å². The minimum atomic E-state index is -1.93. The molecule has 0 saturated carbocycles. The van der Waals surface area contributed by atoms with Crippen LogP contribution in [0, 0.1) is 0 Å². The molecule has 0 bridgehead atoms. The molecule has 0 radical (unpaired) electrons. The third kappa shape index (κ3) is 4.15. The summed E-state index contributed by atoms with van der Waals surface area (Å²) in [5, 5.41) is 11.2. The van der Waals surface area contributed by atoms with Crippen molar-refractivity contribution in [3.8, 4) is 0 Å². The fourth-order valence-corrected chi connectivity index (χ4v) is 3.69. The van der Waals surface area contributed by atoms with Crippen LogP contribution in [-0.4, -0.2) is 24.5 Å². The average Bonchev–Trinajstić information content (AvgIpc) is 2.36. The molecule has 1 aromatic heterocycles.